The third-order valence-electron chi connectivity index (χ3n) is 3.84. The lowest BCUT2D eigenvalue weighted by Gasteiger charge is -2.08. The first kappa shape index (κ1) is 20.2. The summed E-state index contributed by atoms with van der Waals surface area (Å²) in [5, 5.41) is 12.5. The summed E-state index contributed by atoms with van der Waals surface area (Å²) >= 11 is 0. The van der Waals surface area contributed by atoms with E-state index in [1.54, 1.807) is 18.2 Å². The number of aliphatic hydroxyl groups excluding tert-OH is 1. The summed E-state index contributed by atoms with van der Waals surface area (Å²) in [7, 11) is -4.08. The monoisotopic (exact) mass is 415 g/mol. The zero-order valence-electron chi connectivity index (χ0n) is 15.0. The third-order valence-corrected chi connectivity index (χ3v) is 5.16. The third kappa shape index (κ3) is 5.06. The molecule has 0 unspecified atom stereocenters. The van der Waals surface area contributed by atoms with E-state index in [0.29, 0.717) is 0 Å². The second kappa shape index (κ2) is 8.67. The van der Waals surface area contributed by atoms with E-state index >= 15 is 0 Å². The van der Waals surface area contributed by atoms with E-state index in [4.69, 9.17) is 9.84 Å². The summed E-state index contributed by atoms with van der Waals surface area (Å²) in [5.41, 5.74) is -0.0301. The van der Waals surface area contributed by atoms with Crippen LogP contribution in [0.2, 0.25) is 0 Å². The molecule has 9 nitrogen and oxygen atoms in total. The summed E-state index contributed by atoms with van der Waals surface area (Å²) in [6, 6.07) is 14.3. The number of rotatable bonds is 6. The minimum atomic E-state index is -4.08. The van der Waals surface area contributed by atoms with Gasteiger partial charge in [-0.05, 0) is 29.0 Å². The standard InChI is InChI=1S/C19H17N3O6S/c23-10-9-20-19(25)28-17-8-6-15(12-21-17)18(24)22-29(26,27)16-7-5-13-3-1-2-4-14(13)11-16/h1-8,11-12,23H,9-10H2,(H,20,25)(H,22,24). The zero-order chi connectivity index (χ0) is 20.9. The van der Waals surface area contributed by atoms with Gasteiger partial charge in [0.25, 0.3) is 15.9 Å². The Bertz CT molecular complexity index is 1150. The Labute approximate surface area is 166 Å². The Hall–Kier alpha value is -3.50. The second-order valence-corrected chi connectivity index (χ2v) is 7.55. The van der Waals surface area contributed by atoms with Gasteiger partial charge in [-0.3, -0.25) is 4.79 Å². The highest BCUT2D eigenvalue weighted by molar-refractivity contribution is 7.90. The Kier molecular flexibility index (Phi) is 6.05. The fourth-order valence-corrected chi connectivity index (χ4v) is 3.45. The highest BCUT2D eigenvalue weighted by atomic mass is 32.2. The van der Waals surface area contributed by atoms with Crippen molar-refractivity contribution < 1.29 is 27.9 Å². The smallest absolute Gasteiger partial charge is 0.395 e. The summed E-state index contributed by atoms with van der Waals surface area (Å²) in [5.74, 6) is -0.962. The molecule has 3 aromatic rings. The molecular weight excluding hydrogens is 398 g/mol. The van der Waals surface area contributed by atoms with E-state index in [1.165, 1.54) is 24.3 Å². The number of nitrogens with zero attached hydrogens (tertiary/aromatic N) is 1. The molecule has 2 aromatic carbocycles. The van der Waals surface area contributed by atoms with Crippen molar-refractivity contribution in [2.75, 3.05) is 13.2 Å². The van der Waals surface area contributed by atoms with Crippen LogP contribution in [0.5, 0.6) is 5.88 Å². The average Bonchev–Trinajstić information content (AvgIpc) is 2.72. The first-order valence-corrected chi connectivity index (χ1v) is 9.96. The molecule has 150 valence electrons. The minimum absolute atomic E-state index is 0.0198. The predicted molar refractivity (Wildman–Crippen MR) is 104 cm³/mol. The van der Waals surface area contributed by atoms with Gasteiger partial charge in [0.15, 0.2) is 0 Å². The molecule has 0 aliphatic rings. The Balaban J connectivity index is 1.70. The van der Waals surface area contributed by atoms with Crippen molar-refractivity contribution in [1.29, 1.82) is 0 Å². The topological polar surface area (TPSA) is 135 Å². The number of benzene rings is 2. The Morgan fingerprint density at radius 1 is 1.03 bits per heavy atom. The lowest BCUT2D eigenvalue weighted by atomic mass is 10.1. The van der Waals surface area contributed by atoms with Crippen molar-refractivity contribution in [3.8, 4) is 5.88 Å². The lowest BCUT2D eigenvalue weighted by Crippen LogP contribution is -2.31. The van der Waals surface area contributed by atoms with E-state index < -0.39 is 22.0 Å². The maximum absolute atomic E-state index is 12.5. The number of pyridine rings is 1. The van der Waals surface area contributed by atoms with Gasteiger partial charge in [0.05, 0.1) is 17.1 Å². The van der Waals surface area contributed by atoms with E-state index in [0.717, 1.165) is 17.0 Å². The van der Waals surface area contributed by atoms with Crippen LogP contribution in [-0.4, -0.2) is 43.7 Å². The van der Waals surface area contributed by atoms with Crippen LogP contribution in [0.4, 0.5) is 4.79 Å². The van der Waals surface area contributed by atoms with Crippen molar-refractivity contribution >= 4 is 32.8 Å². The fourth-order valence-electron chi connectivity index (χ4n) is 2.44. The van der Waals surface area contributed by atoms with Crippen LogP contribution in [0.15, 0.2) is 65.7 Å². The van der Waals surface area contributed by atoms with Gasteiger partial charge in [-0.15, -0.1) is 0 Å². The molecule has 3 rings (SSSR count). The van der Waals surface area contributed by atoms with Crippen LogP contribution in [0.25, 0.3) is 10.8 Å². The molecule has 0 aliphatic heterocycles. The van der Waals surface area contributed by atoms with Gasteiger partial charge in [0.2, 0.25) is 5.88 Å². The van der Waals surface area contributed by atoms with Gasteiger partial charge in [-0.25, -0.2) is 22.9 Å². The number of ether oxygens (including phenoxy) is 1. The maximum Gasteiger partial charge on any atom is 0.414 e. The molecule has 10 heteroatoms. The Morgan fingerprint density at radius 2 is 1.79 bits per heavy atom. The summed E-state index contributed by atoms with van der Waals surface area (Å²) in [4.78, 5) is 27.4. The highest BCUT2D eigenvalue weighted by Gasteiger charge is 2.19. The van der Waals surface area contributed by atoms with Crippen LogP contribution in [-0.2, 0) is 10.0 Å². The number of carbonyl (C=O) groups is 2. The van der Waals surface area contributed by atoms with Crippen molar-refractivity contribution in [3.63, 3.8) is 0 Å². The number of aliphatic hydroxyl groups is 1. The van der Waals surface area contributed by atoms with Crippen molar-refractivity contribution in [2.24, 2.45) is 0 Å². The molecule has 0 spiro atoms. The molecule has 0 fully saturated rings. The normalized spacial score (nSPS) is 11.1. The number of hydrogen-bond donors (Lipinski definition) is 3. The largest absolute Gasteiger partial charge is 0.414 e. The lowest BCUT2D eigenvalue weighted by molar-refractivity contribution is 0.0981. The summed E-state index contributed by atoms with van der Waals surface area (Å²) in [6.45, 7) is -0.223. The van der Waals surface area contributed by atoms with Crippen LogP contribution < -0.4 is 14.8 Å². The molecule has 1 heterocycles. The van der Waals surface area contributed by atoms with Crippen LogP contribution in [0.1, 0.15) is 10.4 Å². The molecule has 0 saturated heterocycles. The van der Waals surface area contributed by atoms with Crippen LogP contribution in [0, 0.1) is 0 Å². The van der Waals surface area contributed by atoms with Gasteiger partial charge in [0.1, 0.15) is 0 Å². The summed E-state index contributed by atoms with van der Waals surface area (Å²) < 4.78 is 31.9. The van der Waals surface area contributed by atoms with Crippen molar-refractivity contribution in [2.45, 2.75) is 4.90 Å². The summed E-state index contributed by atoms with van der Waals surface area (Å²) in [6.07, 6.45) is 0.266. The Morgan fingerprint density at radius 3 is 2.48 bits per heavy atom. The number of nitrogens with one attached hydrogen (secondary N) is 2. The van der Waals surface area contributed by atoms with E-state index in [1.807, 2.05) is 16.9 Å². The number of aromatic nitrogens is 1. The highest BCUT2D eigenvalue weighted by Crippen LogP contribution is 2.19. The first-order chi connectivity index (χ1) is 13.9. The molecule has 29 heavy (non-hydrogen) atoms. The number of hydrogen-bond acceptors (Lipinski definition) is 7. The van der Waals surface area contributed by atoms with Crippen molar-refractivity contribution in [1.82, 2.24) is 15.0 Å². The number of sulfonamides is 1. The molecule has 0 bridgehead atoms. The van der Waals surface area contributed by atoms with Crippen LogP contribution in [0.3, 0.4) is 0 Å². The van der Waals surface area contributed by atoms with Gasteiger partial charge in [-0.1, -0.05) is 30.3 Å². The molecule has 0 aliphatic carbocycles. The fraction of sp³-hybridized carbons (Fsp3) is 0.105. The molecule has 0 radical (unpaired) electrons. The molecule has 1 aromatic heterocycles. The molecule has 0 saturated carbocycles. The number of carbonyl (C=O) groups excluding carboxylic acids is 2. The predicted octanol–water partition coefficient (Wildman–Crippen LogP) is 1.43. The van der Waals surface area contributed by atoms with E-state index in [9.17, 15) is 18.0 Å². The zero-order valence-corrected chi connectivity index (χ0v) is 15.8. The minimum Gasteiger partial charge on any atom is -0.395 e. The number of amides is 2. The van der Waals surface area contributed by atoms with Gasteiger partial charge in [0, 0.05) is 18.8 Å². The van der Waals surface area contributed by atoms with Crippen molar-refractivity contribution in [3.05, 3.63) is 66.4 Å². The first-order valence-electron chi connectivity index (χ1n) is 8.47. The van der Waals surface area contributed by atoms with Gasteiger partial charge in [-0.2, -0.15) is 0 Å². The van der Waals surface area contributed by atoms with Gasteiger partial charge < -0.3 is 15.2 Å². The molecule has 0 atom stereocenters. The quantitative estimate of drug-likeness (QED) is 0.554. The maximum atomic E-state index is 12.5. The second-order valence-electron chi connectivity index (χ2n) is 5.87. The van der Waals surface area contributed by atoms with E-state index in [-0.39, 0.29) is 29.5 Å². The molecule has 2 amide bonds. The number of fused-ring (bicyclic) bond motifs is 1. The van der Waals surface area contributed by atoms with Gasteiger partial charge >= 0.3 is 6.09 Å². The van der Waals surface area contributed by atoms with E-state index in [2.05, 4.69) is 10.3 Å². The molecule has 3 N–H and O–H groups in total. The SMILES string of the molecule is O=C(NCCO)Oc1ccc(C(=O)NS(=O)(=O)c2ccc3ccccc3c2)cn1. The average molecular weight is 415 g/mol. The van der Waals surface area contributed by atoms with Crippen LogP contribution >= 0.6 is 0 Å². The molecular formula is C19H17N3O6S.